The maximum atomic E-state index is 12.1. The van der Waals surface area contributed by atoms with Crippen LogP contribution in [0.2, 0.25) is 0 Å². The lowest BCUT2D eigenvalue weighted by atomic mass is 10.0. The minimum atomic E-state index is -0.0150. The first-order valence-corrected chi connectivity index (χ1v) is 9.67. The number of carbonyl (C=O) groups excluding carboxylic acids is 1. The third kappa shape index (κ3) is 6.47. The van der Waals surface area contributed by atoms with Gasteiger partial charge in [0.1, 0.15) is 0 Å². The van der Waals surface area contributed by atoms with E-state index in [4.69, 9.17) is 0 Å². The number of hydrogen-bond donors (Lipinski definition) is 2. The van der Waals surface area contributed by atoms with E-state index in [2.05, 4.69) is 46.7 Å². The van der Waals surface area contributed by atoms with Crippen LogP contribution in [0.5, 0.6) is 0 Å². The number of rotatable bonds is 7. The average molecular weight is 339 g/mol. The summed E-state index contributed by atoms with van der Waals surface area (Å²) >= 11 is 1.65. The standard InChI is InChI=1S/C17H30N4OS/c1-4-13(2)9-14(3)19-17(22)20-15-5-7-21(8-6-15)10-16-11-23-12-18-16/h11-15H,4-10H2,1-3H3,(H2,19,20,22)/t13-,14-/m1/s1. The second kappa shape index (κ2) is 9.23. The Hall–Kier alpha value is -1.14. The molecule has 0 aliphatic carbocycles. The second-order valence-electron chi connectivity index (χ2n) is 6.80. The van der Waals surface area contributed by atoms with E-state index in [1.165, 1.54) is 0 Å². The van der Waals surface area contributed by atoms with Gasteiger partial charge in [-0.2, -0.15) is 0 Å². The fraction of sp³-hybridized carbons (Fsp3) is 0.765. The van der Waals surface area contributed by atoms with Crippen molar-refractivity contribution in [1.29, 1.82) is 0 Å². The molecule has 0 spiro atoms. The Morgan fingerprint density at radius 1 is 1.43 bits per heavy atom. The number of nitrogens with one attached hydrogen (secondary N) is 2. The molecule has 0 saturated carbocycles. The van der Waals surface area contributed by atoms with Crippen molar-refractivity contribution >= 4 is 17.4 Å². The van der Waals surface area contributed by atoms with E-state index < -0.39 is 0 Å². The summed E-state index contributed by atoms with van der Waals surface area (Å²) in [5, 5.41) is 8.31. The lowest BCUT2D eigenvalue weighted by molar-refractivity contribution is 0.184. The van der Waals surface area contributed by atoms with Gasteiger partial charge in [-0.3, -0.25) is 4.90 Å². The Balaban J connectivity index is 1.64. The summed E-state index contributed by atoms with van der Waals surface area (Å²) in [5.74, 6) is 0.652. The van der Waals surface area contributed by atoms with Crippen molar-refractivity contribution in [2.24, 2.45) is 5.92 Å². The molecule has 6 heteroatoms. The van der Waals surface area contributed by atoms with Crippen molar-refractivity contribution in [1.82, 2.24) is 20.5 Å². The summed E-state index contributed by atoms with van der Waals surface area (Å²) in [7, 11) is 0. The highest BCUT2D eigenvalue weighted by molar-refractivity contribution is 7.07. The van der Waals surface area contributed by atoms with Crippen LogP contribution in [0.4, 0.5) is 4.79 Å². The molecule has 2 N–H and O–H groups in total. The molecule has 2 amide bonds. The fourth-order valence-corrected chi connectivity index (χ4v) is 3.61. The van der Waals surface area contributed by atoms with E-state index in [-0.39, 0.29) is 18.1 Å². The van der Waals surface area contributed by atoms with Crippen LogP contribution < -0.4 is 10.6 Å². The molecule has 0 unspecified atom stereocenters. The molecular formula is C17H30N4OS. The molecule has 130 valence electrons. The summed E-state index contributed by atoms with van der Waals surface area (Å²) in [6.07, 6.45) is 4.22. The molecule has 1 aliphatic heterocycles. The SMILES string of the molecule is CC[C@@H](C)C[C@@H](C)NC(=O)NC1CCN(Cc2cscn2)CC1. The minimum Gasteiger partial charge on any atom is -0.336 e. The molecule has 1 aliphatic rings. The third-order valence-electron chi connectivity index (χ3n) is 4.62. The summed E-state index contributed by atoms with van der Waals surface area (Å²) in [4.78, 5) is 18.8. The largest absolute Gasteiger partial charge is 0.336 e. The van der Waals surface area contributed by atoms with Gasteiger partial charge in [-0.25, -0.2) is 9.78 Å². The van der Waals surface area contributed by atoms with Crippen LogP contribution in [-0.2, 0) is 6.54 Å². The molecule has 0 bridgehead atoms. The van der Waals surface area contributed by atoms with Crippen LogP contribution >= 0.6 is 11.3 Å². The van der Waals surface area contributed by atoms with Crippen molar-refractivity contribution in [3.8, 4) is 0 Å². The lowest BCUT2D eigenvalue weighted by Crippen LogP contribution is -2.49. The number of nitrogens with zero attached hydrogens (tertiary/aromatic N) is 2. The Morgan fingerprint density at radius 3 is 2.78 bits per heavy atom. The summed E-state index contributed by atoms with van der Waals surface area (Å²) < 4.78 is 0. The maximum absolute atomic E-state index is 12.1. The average Bonchev–Trinajstić information content (AvgIpc) is 3.01. The van der Waals surface area contributed by atoms with Gasteiger partial charge in [0.15, 0.2) is 0 Å². The highest BCUT2D eigenvalue weighted by Crippen LogP contribution is 2.14. The van der Waals surface area contributed by atoms with Gasteiger partial charge in [-0.1, -0.05) is 20.3 Å². The Kier molecular flexibility index (Phi) is 7.30. The predicted molar refractivity (Wildman–Crippen MR) is 95.6 cm³/mol. The van der Waals surface area contributed by atoms with E-state index in [0.29, 0.717) is 5.92 Å². The molecule has 2 rings (SSSR count). The lowest BCUT2D eigenvalue weighted by Gasteiger charge is -2.32. The number of amides is 2. The minimum absolute atomic E-state index is 0.0150. The molecule has 23 heavy (non-hydrogen) atoms. The second-order valence-corrected chi connectivity index (χ2v) is 7.52. The molecule has 2 heterocycles. The van der Waals surface area contributed by atoms with Crippen molar-refractivity contribution in [2.75, 3.05) is 13.1 Å². The summed E-state index contributed by atoms with van der Waals surface area (Å²) in [6, 6.07) is 0.506. The normalized spacial score (nSPS) is 19.3. The van der Waals surface area contributed by atoms with Crippen LogP contribution in [0.3, 0.4) is 0 Å². The number of hydrogen-bond acceptors (Lipinski definition) is 4. The number of likely N-dealkylation sites (tertiary alicyclic amines) is 1. The van der Waals surface area contributed by atoms with Crippen molar-refractivity contribution < 1.29 is 4.79 Å². The first kappa shape index (κ1) is 18.2. The molecule has 0 aromatic carbocycles. The summed E-state index contributed by atoms with van der Waals surface area (Å²) in [6.45, 7) is 9.47. The fourth-order valence-electron chi connectivity index (χ4n) is 3.06. The van der Waals surface area contributed by atoms with E-state index in [1.807, 2.05) is 5.51 Å². The molecule has 1 aromatic rings. The molecule has 1 fully saturated rings. The van der Waals surface area contributed by atoms with Gasteiger partial charge in [0, 0.05) is 37.1 Å². The van der Waals surface area contributed by atoms with Gasteiger partial charge in [0.05, 0.1) is 11.2 Å². The molecule has 1 saturated heterocycles. The van der Waals surface area contributed by atoms with E-state index in [1.54, 1.807) is 11.3 Å². The van der Waals surface area contributed by atoms with Gasteiger partial charge in [0.25, 0.3) is 0 Å². The van der Waals surface area contributed by atoms with Gasteiger partial charge in [0.2, 0.25) is 0 Å². The topological polar surface area (TPSA) is 57.3 Å². The van der Waals surface area contributed by atoms with Crippen molar-refractivity contribution in [3.05, 3.63) is 16.6 Å². The Morgan fingerprint density at radius 2 is 2.17 bits per heavy atom. The van der Waals surface area contributed by atoms with Gasteiger partial charge < -0.3 is 10.6 Å². The summed E-state index contributed by atoms with van der Waals surface area (Å²) in [5.41, 5.74) is 3.03. The highest BCUT2D eigenvalue weighted by Gasteiger charge is 2.21. The van der Waals surface area contributed by atoms with Crippen LogP contribution in [-0.4, -0.2) is 41.1 Å². The number of carbonyl (C=O) groups is 1. The van der Waals surface area contributed by atoms with Crippen LogP contribution in [0, 0.1) is 5.92 Å². The smallest absolute Gasteiger partial charge is 0.315 e. The number of aromatic nitrogens is 1. The van der Waals surface area contributed by atoms with Crippen molar-refractivity contribution in [2.45, 2.75) is 65.1 Å². The zero-order chi connectivity index (χ0) is 16.7. The quantitative estimate of drug-likeness (QED) is 0.802. The van der Waals surface area contributed by atoms with E-state index in [9.17, 15) is 4.79 Å². The van der Waals surface area contributed by atoms with E-state index >= 15 is 0 Å². The first-order chi connectivity index (χ1) is 11.1. The first-order valence-electron chi connectivity index (χ1n) is 8.73. The maximum Gasteiger partial charge on any atom is 0.315 e. The molecule has 1 aromatic heterocycles. The van der Waals surface area contributed by atoms with Gasteiger partial charge in [-0.05, 0) is 32.1 Å². The van der Waals surface area contributed by atoms with Crippen LogP contribution in [0.1, 0.15) is 52.1 Å². The number of thiazole rings is 1. The Bertz CT molecular complexity index is 457. The van der Waals surface area contributed by atoms with Crippen LogP contribution in [0.15, 0.2) is 10.9 Å². The number of urea groups is 1. The highest BCUT2D eigenvalue weighted by atomic mass is 32.1. The molecule has 2 atom stereocenters. The molecular weight excluding hydrogens is 308 g/mol. The zero-order valence-electron chi connectivity index (χ0n) is 14.5. The monoisotopic (exact) mass is 338 g/mol. The molecule has 0 radical (unpaired) electrons. The molecule has 5 nitrogen and oxygen atoms in total. The van der Waals surface area contributed by atoms with Gasteiger partial charge >= 0.3 is 6.03 Å². The zero-order valence-corrected chi connectivity index (χ0v) is 15.4. The third-order valence-corrected chi connectivity index (χ3v) is 5.26. The van der Waals surface area contributed by atoms with Crippen LogP contribution in [0.25, 0.3) is 0 Å². The van der Waals surface area contributed by atoms with Gasteiger partial charge in [-0.15, -0.1) is 11.3 Å². The van der Waals surface area contributed by atoms with Crippen molar-refractivity contribution in [3.63, 3.8) is 0 Å². The Labute approximate surface area is 143 Å². The number of piperidine rings is 1. The van der Waals surface area contributed by atoms with E-state index in [0.717, 1.165) is 51.0 Å². The predicted octanol–water partition coefficient (Wildman–Crippen LogP) is 3.23.